The molecule has 2 amide bonds. The zero-order chi connectivity index (χ0) is 19.9. The number of urea groups is 1. The number of rotatable bonds is 8. The number of ether oxygens (including phenoxy) is 1. The van der Waals surface area contributed by atoms with E-state index in [-0.39, 0.29) is 6.03 Å². The van der Waals surface area contributed by atoms with Crippen molar-refractivity contribution in [2.75, 3.05) is 25.6 Å². The van der Waals surface area contributed by atoms with E-state index in [0.717, 1.165) is 17.7 Å². The van der Waals surface area contributed by atoms with Crippen molar-refractivity contribution in [2.24, 2.45) is 7.05 Å². The monoisotopic (exact) mass is 384 g/mol. The zero-order valence-corrected chi connectivity index (χ0v) is 16.2. The third-order valence-electron chi connectivity index (χ3n) is 4.12. The molecule has 0 aliphatic rings. The number of aryl methyl sites for hydroxylation is 2. The van der Waals surface area contributed by atoms with Crippen molar-refractivity contribution in [3.63, 3.8) is 0 Å². The molecular formula is C18H24N8O2. The van der Waals surface area contributed by atoms with Crippen LogP contribution in [0.4, 0.5) is 10.5 Å². The molecule has 0 bridgehead atoms. The second-order valence-electron chi connectivity index (χ2n) is 6.23. The number of methoxy groups -OCH3 is 1. The van der Waals surface area contributed by atoms with Crippen molar-refractivity contribution < 1.29 is 9.53 Å². The number of aromatic nitrogens is 6. The fourth-order valence-electron chi connectivity index (χ4n) is 2.67. The van der Waals surface area contributed by atoms with Gasteiger partial charge in [-0.15, -0.1) is 10.2 Å². The largest absolute Gasteiger partial charge is 0.383 e. The van der Waals surface area contributed by atoms with Crippen molar-refractivity contribution in [3.8, 4) is 11.4 Å². The van der Waals surface area contributed by atoms with E-state index < -0.39 is 0 Å². The molecule has 28 heavy (non-hydrogen) atoms. The van der Waals surface area contributed by atoms with Gasteiger partial charge in [-0.2, -0.15) is 9.90 Å². The van der Waals surface area contributed by atoms with Gasteiger partial charge in [0.1, 0.15) is 0 Å². The first-order valence-electron chi connectivity index (χ1n) is 8.99. The molecule has 0 radical (unpaired) electrons. The van der Waals surface area contributed by atoms with Gasteiger partial charge in [-0.3, -0.25) is 4.68 Å². The summed E-state index contributed by atoms with van der Waals surface area (Å²) < 4.78 is 6.98. The molecule has 2 heterocycles. The number of amides is 2. The summed E-state index contributed by atoms with van der Waals surface area (Å²) in [7, 11) is 3.32. The summed E-state index contributed by atoms with van der Waals surface area (Å²) in [6.07, 6.45) is 3.71. The fraction of sp³-hybridized carbons (Fsp3) is 0.389. The molecule has 1 N–H and O–H groups in total. The van der Waals surface area contributed by atoms with Gasteiger partial charge < -0.3 is 15.0 Å². The predicted molar refractivity (Wildman–Crippen MR) is 103 cm³/mol. The number of benzene rings is 1. The Balaban J connectivity index is 1.72. The lowest BCUT2D eigenvalue weighted by Gasteiger charge is -2.22. The molecule has 3 rings (SSSR count). The Hall–Kier alpha value is -3.27. The third-order valence-corrected chi connectivity index (χ3v) is 4.12. The first kappa shape index (κ1) is 19.5. The molecule has 10 nitrogen and oxygen atoms in total. The number of hydrogen-bond donors (Lipinski definition) is 1. The molecule has 0 saturated heterocycles. The Morgan fingerprint density at radius 3 is 2.89 bits per heavy atom. The third kappa shape index (κ3) is 4.92. The number of anilines is 1. The average molecular weight is 384 g/mol. The van der Waals surface area contributed by atoms with Crippen LogP contribution < -0.4 is 5.32 Å². The minimum atomic E-state index is -0.217. The molecule has 0 spiro atoms. The van der Waals surface area contributed by atoms with Crippen molar-refractivity contribution in [1.29, 1.82) is 0 Å². The maximum atomic E-state index is 12.8. The highest BCUT2D eigenvalue weighted by Crippen LogP contribution is 2.19. The lowest BCUT2D eigenvalue weighted by molar-refractivity contribution is 0.153. The number of carbonyl (C=O) groups is 1. The number of tetrazole rings is 1. The van der Waals surface area contributed by atoms with Crippen molar-refractivity contribution in [1.82, 2.24) is 34.9 Å². The Bertz CT molecular complexity index is 920. The molecule has 0 saturated carbocycles. The van der Waals surface area contributed by atoms with Crippen molar-refractivity contribution in [3.05, 3.63) is 42.2 Å². The van der Waals surface area contributed by atoms with Gasteiger partial charge in [-0.25, -0.2) is 4.79 Å². The summed E-state index contributed by atoms with van der Waals surface area (Å²) in [4.78, 5) is 15.9. The van der Waals surface area contributed by atoms with Crippen molar-refractivity contribution in [2.45, 2.75) is 20.0 Å². The normalized spacial score (nSPS) is 10.8. The van der Waals surface area contributed by atoms with Gasteiger partial charge in [0.15, 0.2) is 0 Å². The smallest absolute Gasteiger partial charge is 0.322 e. The molecule has 10 heteroatoms. The summed E-state index contributed by atoms with van der Waals surface area (Å²) in [5, 5.41) is 19.2. The molecule has 2 aromatic heterocycles. The highest BCUT2D eigenvalue weighted by atomic mass is 16.5. The quantitative estimate of drug-likeness (QED) is 0.635. The predicted octanol–water partition coefficient (Wildman–Crippen LogP) is 1.77. The van der Waals surface area contributed by atoms with Gasteiger partial charge >= 0.3 is 6.03 Å². The molecule has 0 aliphatic heterocycles. The molecule has 1 aromatic carbocycles. The van der Waals surface area contributed by atoms with Gasteiger partial charge in [0.2, 0.25) is 5.82 Å². The molecule has 148 valence electrons. The molecule has 3 aromatic rings. The Morgan fingerprint density at radius 2 is 2.21 bits per heavy atom. The second kappa shape index (κ2) is 9.09. The standard InChI is InChI=1S/C18H24N8O2/c1-4-26-13-14(11-19-26)12-25(8-9-28-3)18(27)20-16-7-5-6-15(10-16)17-21-23-24(2)22-17/h5-7,10-11,13H,4,8-9,12H2,1-3H3,(H,20,27). The molecular weight excluding hydrogens is 360 g/mol. The van der Waals surface area contributed by atoms with Gasteiger partial charge in [0.25, 0.3) is 0 Å². The van der Waals surface area contributed by atoms with E-state index >= 15 is 0 Å². The zero-order valence-electron chi connectivity index (χ0n) is 16.2. The maximum absolute atomic E-state index is 12.8. The number of carbonyl (C=O) groups excluding carboxylic acids is 1. The lowest BCUT2D eigenvalue weighted by Crippen LogP contribution is -2.36. The van der Waals surface area contributed by atoms with E-state index in [1.807, 2.05) is 42.1 Å². The number of nitrogens with one attached hydrogen (secondary N) is 1. The van der Waals surface area contributed by atoms with Crippen LogP contribution in [0.3, 0.4) is 0 Å². The Labute approximate surface area is 163 Å². The topological polar surface area (TPSA) is 103 Å². The van der Waals surface area contributed by atoms with E-state index in [1.54, 1.807) is 25.3 Å². The van der Waals surface area contributed by atoms with Gasteiger partial charge in [-0.1, -0.05) is 12.1 Å². The van der Waals surface area contributed by atoms with Crippen LogP contribution in [0.5, 0.6) is 0 Å². The van der Waals surface area contributed by atoms with E-state index in [9.17, 15) is 4.79 Å². The highest BCUT2D eigenvalue weighted by molar-refractivity contribution is 5.90. The molecule has 0 unspecified atom stereocenters. The van der Waals surface area contributed by atoms with E-state index in [2.05, 4.69) is 25.8 Å². The van der Waals surface area contributed by atoms with Gasteiger partial charge in [0, 0.05) is 43.2 Å². The van der Waals surface area contributed by atoms with Crippen LogP contribution in [0.2, 0.25) is 0 Å². The van der Waals surface area contributed by atoms with Crippen LogP contribution in [-0.2, 0) is 24.9 Å². The van der Waals surface area contributed by atoms with Gasteiger partial charge in [-0.05, 0) is 24.3 Å². The van der Waals surface area contributed by atoms with Crippen LogP contribution in [0.1, 0.15) is 12.5 Å². The Kier molecular flexibility index (Phi) is 6.33. The number of nitrogens with zero attached hydrogens (tertiary/aromatic N) is 7. The average Bonchev–Trinajstić information content (AvgIpc) is 3.34. The summed E-state index contributed by atoms with van der Waals surface area (Å²) in [5.74, 6) is 0.502. The number of hydrogen-bond acceptors (Lipinski definition) is 6. The van der Waals surface area contributed by atoms with Crippen LogP contribution in [0, 0.1) is 0 Å². The highest BCUT2D eigenvalue weighted by Gasteiger charge is 2.16. The Morgan fingerprint density at radius 1 is 1.36 bits per heavy atom. The maximum Gasteiger partial charge on any atom is 0.322 e. The summed E-state index contributed by atoms with van der Waals surface area (Å²) in [6.45, 7) is 4.16. The summed E-state index contributed by atoms with van der Waals surface area (Å²) in [6, 6.07) is 7.13. The fourth-order valence-corrected chi connectivity index (χ4v) is 2.67. The first-order chi connectivity index (χ1) is 13.6. The molecule has 0 aliphatic carbocycles. The second-order valence-corrected chi connectivity index (χ2v) is 6.23. The minimum absolute atomic E-state index is 0.217. The van der Waals surface area contributed by atoms with Crippen LogP contribution in [0.25, 0.3) is 11.4 Å². The van der Waals surface area contributed by atoms with E-state index in [1.165, 1.54) is 4.80 Å². The molecule has 0 atom stereocenters. The summed E-state index contributed by atoms with van der Waals surface area (Å²) >= 11 is 0. The first-order valence-corrected chi connectivity index (χ1v) is 8.99. The van der Waals surface area contributed by atoms with Gasteiger partial charge in [0.05, 0.1) is 26.4 Å². The van der Waals surface area contributed by atoms with Crippen LogP contribution in [-0.4, -0.2) is 61.2 Å². The molecule has 0 fully saturated rings. The lowest BCUT2D eigenvalue weighted by atomic mass is 10.2. The van der Waals surface area contributed by atoms with Crippen LogP contribution in [0.15, 0.2) is 36.7 Å². The SMILES string of the molecule is CCn1cc(CN(CCOC)C(=O)Nc2cccc(-c3nnn(C)n3)c2)cn1. The van der Waals surface area contributed by atoms with Crippen LogP contribution >= 0.6 is 0 Å². The summed E-state index contributed by atoms with van der Waals surface area (Å²) in [5.41, 5.74) is 2.39. The van der Waals surface area contributed by atoms with E-state index in [0.29, 0.717) is 31.2 Å². The minimum Gasteiger partial charge on any atom is -0.383 e. The van der Waals surface area contributed by atoms with Crippen molar-refractivity contribution >= 4 is 11.7 Å². The van der Waals surface area contributed by atoms with E-state index in [4.69, 9.17) is 4.74 Å².